The maximum atomic E-state index is 11.1. The molecule has 0 aliphatic heterocycles. The SMILES string of the molecule is COc1cc(Cl)ccc1Oc1cc(Cl)cc(Cl)c1C=O. The van der Waals surface area contributed by atoms with Crippen molar-refractivity contribution in [1.29, 1.82) is 0 Å². The van der Waals surface area contributed by atoms with Crippen molar-refractivity contribution in [3.05, 3.63) is 51.0 Å². The first-order valence-electron chi connectivity index (χ1n) is 5.50. The maximum absolute atomic E-state index is 11.1. The molecule has 0 bridgehead atoms. The molecule has 0 fully saturated rings. The fraction of sp³-hybridized carbons (Fsp3) is 0.0714. The molecule has 104 valence electrons. The van der Waals surface area contributed by atoms with E-state index in [0.29, 0.717) is 27.8 Å². The van der Waals surface area contributed by atoms with E-state index in [2.05, 4.69) is 0 Å². The molecule has 0 atom stereocenters. The molecule has 2 aromatic rings. The third-order valence-electron chi connectivity index (χ3n) is 2.52. The number of aldehydes is 1. The van der Waals surface area contributed by atoms with Crippen LogP contribution in [0.1, 0.15) is 10.4 Å². The summed E-state index contributed by atoms with van der Waals surface area (Å²) >= 11 is 17.7. The van der Waals surface area contributed by atoms with Crippen LogP contribution in [0.5, 0.6) is 17.2 Å². The molecule has 0 amide bonds. The van der Waals surface area contributed by atoms with Crippen molar-refractivity contribution < 1.29 is 14.3 Å². The minimum absolute atomic E-state index is 0.216. The molecule has 0 aliphatic carbocycles. The second-order valence-electron chi connectivity index (χ2n) is 3.81. The number of carbonyl (C=O) groups is 1. The van der Waals surface area contributed by atoms with E-state index in [1.807, 2.05) is 0 Å². The topological polar surface area (TPSA) is 35.5 Å². The van der Waals surface area contributed by atoms with Gasteiger partial charge in [-0.25, -0.2) is 0 Å². The molecule has 0 heterocycles. The first kappa shape index (κ1) is 15.0. The fourth-order valence-corrected chi connectivity index (χ4v) is 2.29. The van der Waals surface area contributed by atoms with E-state index in [1.54, 1.807) is 18.2 Å². The Bertz CT molecular complexity index is 656. The van der Waals surface area contributed by atoms with Crippen LogP contribution in [-0.4, -0.2) is 13.4 Å². The molecule has 20 heavy (non-hydrogen) atoms. The van der Waals surface area contributed by atoms with Gasteiger partial charge in [0.1, 0.15) is 5.75 Å². The molecule has 2 aromatic carbocycles. The lowest BCUT2D eigenvalue weighted by Gasteiger charge is -2.13. The van der Waals surface area contributed by atoms with Gasteiger partial charge in [0.2, 0.25) is 0 Å². The van der Waals surface area contributed by atoms with Crippen LogP contribution in [0.15, 0.2) is 30.3 Å². The van der Waals surface area contributed by atoms with E-state index in [0.717, 1.165) is 0 Å². The van der Waals surface area contributed by atoms with E-state index in [4.69, 9.17) is 44.3 Å². The van der Waals surface area contributed by atoms with Gasteiger partial charge in [-0.05, 0) is 18.2 Å². The van der Waals surface area contributed by atoms with Gasteiger partial charge in [-0.3, -0.25) is 4.79 Å². The first-order valence-corrected chi connectivity index (χ1v) is 6.64. The fourth-order valence-electron chi connectivity index (χ4n) is 1.60. The van der Waals surface area contributed by atoms with Gasteiger partial charge < -0.3 is 9.47 Å². The van der Waals surface area contributed by atoms with Crippen LogP contribution in [0.2, 0.25) is 15.1 Å². The number of carbonyl (C=O) groups excluding carboxylic acids is 1. The number of benzene rings is 2. The Kier molecular flexibility index (Phi) is 4.76. The summed E-state index contributed by atoms with van der Waals surface area (Å²) in [4.78, 5) is 11.1. The summed E-state index contributed by atoms with van der Waals surface area (Å²) < 4.78 is 10.8. The highest BCUT2D eigenvalue weighted by Crippen LogP contribution is 2.37. The van der Waals surface area contributed by atoms with Gasteiger partial charge in [0.15, 0.2) is 17.8 Å². The second-order valence-corrected chi connectivity index (χ2v) is 5.09. The largest absolute Gasteiger partial charge is 0.493 e. The molecule has 0 unspecified atom stereocenters. The van der Waals surface area contributed by atoms with Gasteiger partial charge >= 0.3 is 0 Å². The molecule has 0 N–H and O–H groups in total. The quantitative estimate of drug-likeness (QED) is 0.717. The highest BCUT2D eigenvalue weighted by molar-refractivity contribution is 6.36. The Morgan fingerprint density at radius 1 is 0.950 bits per heavy atom. The maximum Gasteiger partial charge on any atom is 0.169 e. The second kappa shape index (κ2) is 6.35. The van der Waals surface area contributed by atoms with Gasteiger partial charge in [-0.15, -0.1) is 0 Å². The van der Waals surface area contributed by atoms with Crippen molar-refractivity contribution in [2.45, 2.75) is 0 Å². The van der Waals surface area contributed by atoms with Crippen molar-refractivity contribution >= 4 is 41.1 Å². The van der Waals surface area contributed by atoms with Crippen molar-refractivity contribution in [2.24, 2.45) is 0 Å². The minimum Gasteiger partial charge on any atom is -0.493 e. The minimum atomic E-state index is 0.216. The van der Waals surface area contributed by atoms with Crippen molar-refractivity contribution in [3.63, 3.8) is 0 Å². The molecular weight excluding hydrogens is 323 g/mol. The predicted octanol–water partition coefficient (Wildman–Crippen LogP) is 5.26. The van der Waals surface area contributed by atoms with Crippen LogP contribution in [0.3, 0.4) is 0 Å². The highest BCUT2D eigenvalue weighted by Gasteiger charge is 2.13. The Morgan fingerprint density at radius 2 is 1.65 bits per heavy atom. The lowest BCUT2D eigenvalue weighted by molar-refractivity contribution is 0.112. The van der Waals surface area contributed by atoms with E-state index >= 15 is 0 Å². The van der Waals surface area contributed by atoms with Gasteiger partial charge in [0.25, 0.3) is 0 Å². The molecule has 0 spiro atoms. The molecular formula is C14H9Cl3O3. The van der Waals surface area contributed by atoms with Gasteiger partial charge in [0, 0.05) is 22.2 Å². The molecule has 0 aromatic heterocycles. The summed E-state index contributed by atoms with van der Waals surface area (Å²) in [5, 5.41) is 1.09. The molecule has 3 nitrogen and oxygen atoms in total. The van der Waals surface area contributed by atoms with Crippen LogP contribution in [0.4, 0.5) is 0 Å². The van der Waals surface area contributed by atoms with Crippen LogP contribution < -0.4 is 9.47 Å². The Hall–Kier alpha value is -1.42. The summed E-state index contributed by atoms with van der Waals surface area (Å²) in [5.74, 6) is 1.09. The molecule has 0 saturated carbocycles. The zero-order valence-electron chi connectivity index (χ0n) is 10.3. The third-order valence-corrected chi connectivity index (χ3v) is 3.29. The van der Waals surface area contributed by atoms with Crippen LogP contribution in [0.25, 0.3) is 0 Å². The number of halogens is 3. The van der Waals surface area contributed by atoms with E-state index in [-0.39, 0.29) is 16.3 Å². The van der Waals surface area contributed by atoms with E-state index in [9.17, 15) is 4.79 Å². The van der Waals surface area contributed by atoms with E-state index < -0.39 is 0 Å². The standard InChI is InChI=1S/C14H9Cl3O3/c1-19-14-5-8(15)2-3-12(14)20-13-6-9(16)4-11(17)10(13)7-18/h2-7H,1H3. The van der Waals surface area contributed by atoms with Gasteiger partial charge in [-0.1, -0.05) is 34.8 Å². The number of methoxy groups -OCH3 is 1. The smallest absolute Gasteiger partial charge is 0.169 e. The summed E-state index contributed by atoms with van der Waals surface area (Å²) in [6, 6.07) is 7.85. The number of rotatable bonds is 4. The zero-order valence-corrected chi connectivity index (χ0v) is 12.6. The van der Waals surface area contributed by atoms with Crippen molar-refractivity contribution in [3.8, 4) is 17.2 Å². The summed E-state index contributed by atoms with van der Waals surface area (Å²) in [5.41, 5.74) is 0.216. The van der Waals surface area contributed by atoms with Crippen molar-refractivity contribution in [2.75, 3.05) is 7.11 Å². The average Bonchev–Trinajstić information content (AvgIpc) is 2.40. The molecule has 0 radical (unpaired) electrons. The Labute approximate surface area is 131 Å². The van der Waals surface area contributed by atoms with Gasteiger partial charge in [-0.2, -0.15) is 0 Å². The summed E-state index contributed by atoms with van der Waals surface area (Å²) in [7, 11) is 1.49. The Balaban J connectivity index is 2.47. The average molecular weight is 332 g/mol. The van der Waals surface area contributed by atoms with Crippen molar-refractivity contribution in [1.82, 2.24) is 0 Å². The monoisotopic (exact) mass is 330 g/mol. The normalized spacial score (nSPS) is 10.2. The number of ether oxygens (including phenoxy) is 2. The molecule has 0 aliphatic rings. The molecule has 6 heteroatoms. The number of hydrogen-bond donors (Lipinski definition) is 0. The van der Waals surface area contributed by atoms with Crippen LogP contribution in [-0.2, 0) is 0 Å². The zero-order chi connectivity index (χ0) is 14.7. The lowest BCUT2D eigenvalue weighted by Crippen LogP contribution is -1.94. The van der Waals surface area contributed by atoms with Gasteiger partial charge in [0.05, 0.1) is 17.7 Å². The van der Waals surface area contributed by atoms with E-state index in [1.165, 1.54) is 19.2 Å². The number of hydrogen-bond acceptors (Lipinski definition) is 3. The Morgan fingerprint density at radius 3 is 2.30 bits per heavy atom. The highest BCUT2D eigenvalue weighted by atomic mass is 35.5. The molecule has 2 rings (SSSR count). The third kappa shape index (κ3) is 3.18. The van der Waals surface area contributed by atoms with Crippen LogP contribution >= 0.6 is 34.8 Å². The predicted molar refractivity (Wildman–Crippen MR) is 79.9 cm³/mol. The summed E-state index contributed by atoms with van der Waals surface area (Å²) in [6.45, 7) is 0. The first-order chi connectivity index (χ1) is 9.55. The summed E-state index contributed by atoms with van der Waals surface area (Å²) in [6.07, 6.45) is 0.608. The molecule has 0 saturated heterocycles. The lowest BCUT2D eigenvalue weighted by atomic mass is 10.2. The van der Waals surface area contributed by atoms with Crippen LogP contribution in [0, 0.1) is 0 Å².